The van der Waals surface area contributed by atoms with Crippen molar-refractivity contribution in [3.63, 3.8) is 0 Å². The highest BCUT2D eigenvalue weighted by atomic mass is 16.2. The molecular formula is C10H17NO2. The second kappa shape index (κ2) is 4.80. The van der Waals surface area contributed by atoms with Gasteiger partial charge in [0.1, 0.15) is 0 Å². The quantitative estimate of drug-likeness (QED) is 0.655. The lowest BCUT2D eigenvalue weighted by atomic mass is 9.90. The molecule has 1 atom stereocenters. The predicted octanol–water partition coefficient (Wildman–Crippen LogP) is 1.44. The summed E-state index contributed by atoms with van der Waals surface area (Å²) >= 11 is 0. The average Bonchev–Trinajstić information content (AvgIpc) is 2.02. The zero-order chi connectivity index (χ0) is 10.5. The molecule has 0 aromatic carbocycles. The molecule has 3 heteroatoms. The van der Waals surface area contributed by atoms with E-state index in [4.69, 9.17) is 0 Å². The molecule has 0 rings (SSSR count). The highest BCUT2D eigenvalue weighted by Crippen LogP contribution is 2.13. The molecule has 0 heterocycles. The highest BCUT2D eigenvalue weighted by molar-refractivity contribution is 5.92. The van der Waals surface area contributed by atoms with E-state index >= 15 is 0 Å². The van der Waals surface area contributed by atoms with Gasteiger partial charge in [-0.2, -0.15) is 0 Å². The maximum atomic E-state index is 11.5. The van der Waals surface area contributed by atoms with Crippen LogP contribution in [0.4, 0.5) is 0 Å². The molecule has 1 N–H and O–H groups in total. The monoisotopic (exact) mass is 183 g/mol. The minimum Gasteiger partial charge on any atom is -0.344 e. The van der Waals surface area contributed by atoms with Crippen molar-refractivity contribution in [1.82, 2.24) is 5.32 Å². The lowest BCUT2D eigenvalue weighted by molar-refractivity contribution is -0.130. The van der Waals surface area contributed by atoms with Gasteiger partial charge in [0.15, 0.2) is 5.78 Å². The molecule has 0 aliphatic carbocycles. The van der Waals surface area contributed by atoms with E-state index in [0.717, 1.165) is 0 Å². The van der Waals surface area contributed by atoms with Gasteiger partial charge in [-0.05, 0) is 13.3 Å². The van der Waals surface area contributed by atoms with Gasteiger partial charge in [0.25, 0.3) is 0 Å². The zero-order valence-electron chi connectivity index (χ0n) is 8.52. The van der Waals surface area contributed by atoms with E-state index < -0.39 is 5.54 Å². The number of Topliss-reactive ketones (excluding diaryl/α,β-unsaturated/α-hetero) is 1. The molecule has 1 amide bonds. The fourth-order valence-corrected chi connectivity index (χ4v) is 1.30. The van der Waals surface area contributed by atoms with E-state index in [1.807, 2.05) is 0 Å². The predicted molar refractivity (Wildman–Crippen MR) is 52.3 cm³/mol. The first kappa shape index (κ1) is 11.9. The number of carbonyl (C=O) groups is 2. The maximum Gasteiger partial charge on any atom is 0.217 e. The molecule has 0 aromatic heterocycles. The fraction of sp³-hybridized carbons (Fsp3) is 0.600. The molecule has 0 aliphatic rings. The van der Waals surface area contributed by atoms with Gasteiger partial charge in [0, 0.05) is 13.3 Å². The van der Waals surface area contributed by atoms with Crippen LogP contribution in [0.3, 0.4) is 0 Å². The normalized spacial score (nSPS) is 14.4. The molecule has 0 fully saturated rings. The largest absolute Gasteiger partial charge is 0.344 e. The highest BCUT2D eigenvalue weighted by Gasteiger charge is 2.30. The van der Waals surface area contributed by atoms with Gasteiger partial charge < -0.3 is 5.32 Å². The molecule has 0 saturated heterocycles. The van der Waals surface area contributed by atoms with Crippen molar-refractivity contribution in [1.29, 1.82) is 0 Å². The van der Waals surface area contributed by atoms with E-state index in [-0.39, 0.29) is 11.7 Å². The summed E-state index contributed by atoms with van der Waals surface area (Å²) in [6, 6.07) is 0. The van der Waals surface area contributed by atoms with Crippen LogP contribution in [0.1, 0.15) is 33.6 Å². The number of nitrogens with one attached hydrogen (secondary N) is 1. The molecule has 0 radical (unpaired) electrons. The third kappa shape index (κ3) is 3.40. The summed E-state index contributed by atoms with van der Waals surface area (Å²) in [5, 5.41) is 2.65. The van der Waals surface area contributed by atoms with Crippen molar-refractivity contribution >= 4 is 11.7 Å². The second-order valence-corrected chi connectivity index (χ2v) is 3.28. The minimum absolute atomic E-state index is 0.0302. The molecule has 74 valence electrons. The summed E-state index contributed by atoms with van der Waals surface area (Å²) in [5.74, 6) is -0.159. The Bertz CT molecular complexity index is 223. The SMILES string of the molecule is C=CC[C@](C)(NC(C)=O)C(=O)CC. The van der Waals surface area contributed by atoms with Crippen LogP contribution in [0.15, 0.2) is 12.7 Å². The lowest BCUT2D eigenvalue weighted by Gasteiger charge is -2.27. The van der Waals surface area contributed by atoms with Crippen molar-refractivity contribution in [2.24, 2.45) is 0 Å². The molecular weight excluding hydrogens is 166 g/mol. The molecule has 3 nitrogen and oxygen atoms in total. The standard InChI is InChI=1S/C10H17NO2/c1-5-7-10(4,9(13)6-2)11-8(3)12/h5H,1,6-7H2,2-4H3,(H,11,12)/t10-/m0/s1. The number of amides is 1. The average molecular weight is 183 g/mol. The summed E-state index contributed by atoms with van der Waals surface area (Å²) in [4.78, 5) is 22.4. The first-order valence-electron chi connectivity index (χ1n) is 4.39. The second-order valence-electron chi connectivity index (χ2n) is 3.28. The van der Waals surface area contributed by atoms with Gasteiger partial charge in [-0.1, -0.05) is 13.0 Å². The molecule has 0 saturated carbocycles. The molecule has 0 bridgehead atoms. The molecule has 0 aliphatic heterocycles. The van der Waals surface area contributed by atoms with Crippen molar-refractivity contribution in [2.75, 3.05) is 0 Å². The molecule has 13 heavy (non-hydrogen) atoms. The van der Waals surface area contributed by atoms with Crippen LogP contribution in [-0.4, -0.2) is 17.2 Å². The van der Waals surface area contributed by atoms with Gasteiger partial charge in [0.2, 0.25) is 5.91 Å². The van der Waals surface area contributed by atoms with E-state index in [9.17, 15) is 9.59 Å². The van der Waals surface area contributed by atoms with Gasteiger partial charge in [-0.15, -0.1) is 6.58 Å². The lowest BCUT2D eigenvalue weighted by Crippen LogP contribution is -2.50. The van der Waals surface area contributed by atoms with E-state index in [1.165, 1.54) is 6.92 Å². The van der Waals surface area contributed by atoms with Crippen LogP contribution in [0.25, 0.3) is 0 Å². The third-order valence-corrected chi connectivity index (χ3v) is 1.94. The van der Waals surface area contributed by atoms with Gasteiger partial charge in [0.05, 0.1) is 5.54 Å². The molecule has 0 spiro atoms. The molecule has 0 unspecified atom stereocenters. The molecule has 0 aromatic rings. The Morgan fingerprint density at radius 3 is 2.38 bits per heavy atom. The van der Waals surface area contributed by atoms with Gasteiger partial charge in [-0.25, -0.2) is 0 Å². The van der Waals surface area contributed by atoms with Crippen LogP contribution >= 0.6 is 0 Å². The van der Waals surface area contributed by atoms with Crippen LogP contribution in [0.5, 0.6) is 0 Å². The van der Waals surface area contributed by atoms with Crippen LogP contribution in [-0.2, 0) is 9.59 Å². The zero-order valence-corrected chi connectivity index (χ0v) is 8.52. The summed E-state index contributed by atoms with van der Waals surface area (Å²) in [5.41, 5.74) is -0.775. The number of ketones is 1. The first-order valence-corrected chi connectivity index (χ1v) is 4.39. The van der Waals surface area contributed by atoms with Crippen molar-refractivity contribution in [3.05, 3.63) is 12.7 Å². The topological polar surface area (TPSA) is 46.2 Å². The van der Waals surface area contributed by atoms with E-state index in [0.29, 0.717) is 12.8 Å². The Labute approximate surface area is 79.2 Å². The van der Waals surface area contributed by atoms with Crippen LogP contribution < -0.4 is 5.32 Å². The Kier molecular flexibility index (Phi) is 4.38. The number of hydrogen-bond acceptors (Lipinski definition) is 2. The minimum atomic E-state index is -0.775. The van der Waals surface area contributed by atoms with Crippen molar-refractivity contribution in [2.45, 2.75) is 39.2 Å². The summed E-state index contributed by atoms with van der Waals surface area (Å²) in [7, 11) is 0. The van der Waals surface area contributed by atoms with Crippen molar-refractivity contribution < 1.29 is 9.59 Å². The van der Waals surface area contributed by atoms with Gasteiger partial charge >= 0.3 is 0 Å². The Balaban J connectivity index is 4.60. The third-order valence-electron chi connectivity index (χ3n) is 1.94. The van der Waals surface area contributed by atoms with Crippen LogP contribution in [0, 0.1) is 0 Å². The summed E-state index contributed by atoms with van der Waals surface area (Å²) < 4.78 is 0. The van der Waals surface area contributed by atoms with E-state index in [2.05, 4.69) is 11.9 Å². The summed E-state index contributed by atoms with van der Waals surface area (Å²) in [6.45, 7) is 8.48. The fourth-order valence-electron chi connectivity index (χ4n) is 1.30. The maximum absolute atomic E-state index is 11.5. The number of carbonyl (C=O) groups excluding carboxylic acids is 2. The first-order chi connectivity index (χ1) is 5.96. The Hall–Kier alpha value is -1.12. The summed E-state index contributed by atoms with van der Waals surface area (Å²) in [6.07, 6.45) is 2.54. The van der Waals surface area contributed by atoms with Gasteiger partial charge in [-0.3, -0.25) is 9.59 Å². The Morgan fingerprint density at radius 1 is 1.54 bits per heavy atom. The van der Waals surface area contributed by atoms with Crippen LogP contribution in [0.2, 0.25) is 0 Å². The number of hydrogen-bond donors (Lipinski definition) is 1. The van der Waals surface area contributed by atoms with Crippen molar-refractivity contribution in [3.8, 4) is 0 Å². The smallest absolute Gasteiger partial charge is 0.217 e. The van der Waals surface area contributed by atoms with E-state index in [1.54, 1.807) is 19.9 Å². The Morgan fingerprint density at radius 2 is 2.08 bits per heavy atom. The number of rotatable bonds is 5.